The van der Waals surface area contributed by atoms with E-state index in [1.807, 2.05) is 0 Å². The normalized spacial score (nSPS) is 24.7. The van der Waals surface area contributed by atoms with E-state index in [9.17, 15) is 4.79 Å². The Morgan fingerprint density at radius 1 is 1.39 bits per heavy atom. The topological polar surface area (TPSA) is 38.7 Å². The summed E-state index contributed by atoms with van der Waals surface area (Å²) in [5.74, 6) is 0.756. The summed E-state index contributed by atoms with van der Waals surface area (Å²) in [6.07, 6.45) is 0.835. The molecule has 1 heterocycles. The highest BCUT2D eigenvalue weighted by Gasteiger charge is 2.41. The van der Waals surface area contributed by atoms with Crippen LogP contribution in [-0.4, -0.2) is 17.6 Å². The largest absolute Gasteiger partial charge is 0.474 e. The highest BCUT2D eigenvalue weighted by Crippen LogP contribution is 2.41. The molecule has 1 aromatic rings. The lowest BCUT2D eigenvalue weighted by Gasteiger charge is -2.36. The zero-order chi connectivity index (χ0) is 12.9. The molecule has 1 saturated carbocycles. The van der Waals surface area contributed by atoms with Crippen molar-refractivity contribution < 1.29 is 9.53 Å². The minimum atomic E-state index is -0.494. The van der Waals surface area contributed by atoms with E-state index >= 15 is 0 Å². The Kier molecular flexibility index (Phi) is 2.49. The van der Waals surface area contributed by atoms with Crippen molar-refractivity contribution in [3.63, 3.8) is 0 Å². The highest BCUT2D eigenvalue weighted by molar-refractivity contribution is 6.31. The minimum Gasteiger partial charge on any atom is -0.474 e. The maximum Gasteiger partial charge on any atom is 0.195 e. The predicted molar refractivity (Wildman–Crippen MR) is 71.0 cm³/mol. The number of hydrogen-bond acceptors (Lipinski definition) is 3. The first-order valence-corrected chi connectivity index (χ1v) is 6.39. The molecule has 1 aliphatic carbocycles. The van der Waals surface area contributed by atoms with Gasteiger partial charge >= 0.3 is 0 Å². The van der Waals surface area contributed by atoms with Gasteiger partial charge in [-0.2, -0.15) is 0 Å². The van der Waals surface area contributed by atoms with Crippen molar-refractivity contribution in [3.8, 4) is 5.75 Å². The second-order valence-corrected chi connectivity index (χ2v) is 6.13. The lowest BCUT2D eigenvalue weighted by molar-refractivity contribution is -0.126. The van der Waals surface area contributed by atoms with Crippen LogP contribution in [0.25, 0.3) is 0 Å². The van der Waals surface area contributed by atoms with Crippen LogP contribution in [0.1, 0.15) is 26.7 Å². The smallest absolute Gasteiger partial charge is 0.195 e. The summed E-state index contributed by atoms with van der Waals surface area (Å²) in [6, 6.07) is 5.29. The molecule has 0 bridgehead atoms. The standard InChI is InChI=1S/C14H14ClNO2/c1-14(2)6-10-13(11(17)7-14)18-12-4-3-8(15)5-9(12)16-10/h3-5,13H,6-7H2,1-2H3/t13-/m0/s1. The second kappa shape index (κ2) is 3.82. The Labute approximate surface area is 111 Å². The fourth-order valence-corrected chi connectivity index (χ4v) is 2.75. The number of rotatable bonds is 0. The molecule has 1 fully saturated rings. The molecule has 0 amide bonds. The lowest BCUT2D eigenvalue weighted by atomic mass is 9.74. The average Bonchev–Trinajstić information content (AvgIpc) is 2.25. The van der Waals surface area contributed by atoms with E-state index in [2.05, 4.69) is 18.8 Å². The molecule has 3 rings (SSSR count). The molecule has 0 radical (unpaired) electrons. The molecule has 1 aromatic carbocycles. The van der Waals surface area contributed by atoms with Crippen molar-refractivity contribution >= 4 is 28.8 Å². The minimum absolute atomic E-state index is 0.0359. The van der Waals surface area contributed by atoms with Gasteiger partial charge in [0, 0.05) is 11.4 Å². The number of benzene rings is 1. The number of ketones is 1. The van der Waals surface area contributed by atoms with Gasteiger partial charge in [-0.1, -0.05) is 25.4 Å². The van der Waals surface area contributed by atoms with Crippen LogP contribution in [-0.2, 0) is 4.79 Å². The molecule has 4 heteroatoms. The molecule has 0 spiro atoms. The molecule has 1 atom stereocenters. The van der Waals surface area contributed by atoms with Gasteiger partial charge in [0.1, 0.15) is 11.4 Å². The number of hydrogen-bond donors (Lipinski definition) is 0. The number of halogens is 1. The van der Waals surface area contributed by atoms with Gasteiger partial charge < -0.3 is 4.74 Å². The third-order valence-electron chi connectivity index (χ3n) is 3.34. The fourth-order valence-electron chi connectivity index (χ4n) is 2.59. The van der Waals surface area contributed by atoms with Gasteiger partial charge in [-0.05, 0) is 30.0 Å². The third-order valence-corrected chi connectivity index (χ3v) is 3.57. The first-order chi connectivity index (χ1) is 8.44. The molecule has 2 aliphatic rings. The first kappa shape index (κ1) is 11.7. The number of ether oxygens (including phenoxy) is 1. The Bertz CT molecular complexity index is 563. The third kappa shape index (κ3) is 1.93. The van der Waals surface area contributed by atoms with Crippen molar-refractivity contribution in [2.45, 2.75) is 32.8 Å². The first-order valence-electron chi connectivity index (χ1n) is 6.01. The monoisotopic (exact) mass is 263 g/mol. The van der Waals surface area contributed by atoms with E-state index in [4.69, 9.17) is 16.3 Å². The zero-order valence-electron chi connectivity index (χ0n) is 10.4. The molecular weight excluding hydrogens is 250 g/mol. The van der Waals surface area contributed by atoms with E-state index in [1.165, 1.54) is 0 Å². The Morgan fingerprint density at radius 2 is 2.17 bits per heavy atom. The van der Waals surface area contributed by atoms with Gasteiger partial charge in [-0.15, -0.1) is 0 Å². The summed E-state index contributed by atoms with van der Waals surface area (Å²) in [6.45, 7) is 4.16. The number of nitrogens with zero attached hydrogens (tertiary/aromatic N) is 1. The fraction of sp³-hybridized carbons (Fsp3) is 0.429. The molecule has 1 aliphatic heterocycles. The van der Waals surface area contributed by atoms with Crippen molar-refractivity contribution in [2.75, 3.05) is 0 Å². The van der Waals surface area contributed by atoms with E-state index < -0.39 is 6.10 Å². The maximum atomic E-state index is 12.1. The quantitative estimate of drug-likeness (QED) is 0.718. The van der Waals surface area contributed by atoms with Crippen molar-refractivity contribution in [1.29, 1.82) is 0 Å². The van der Waals surface area contributed by atoms with Crippen LogP contribution in [0.15, 0.2) is 23.2 Å². The zero-order valence-corrected chi connectivity index (χ0v) is 11.1. The summed E-state index contributed by atoms with van der Waals surface area (Å²) in [5.41, 5.74) is 1.51. The van der Waals surface area contributed by atoms with Crippen LogP contribution < -0.4 is 4.74 Å². The van der Waals surface area contributed by atoms with Gasteiger partial charge in [-0.3, -0.25) is 4.79 Å². The molecular formula is C14H14ClNO2. The summed E-state index contributed by atoms with van der Waals surface area (Å²) >= 11 is 5.94. The van der Waals surface area contributed by atoms with Gasteiger partial charge in [0.25, 0.3) is 0 Å². The van der Waals surface area contributed by atoms with Crippen LogP contribution in [0.3, 0.4) is 0 Å². The maximum absolute atomic E-state index is 12.1. The molecule has 18 heavy (non-hydrogen) atoms. The van der Waals surface area contributed by atoms with Crippen LogP contribution in [0, 0.1) is 5.41 Å². The van der Waals surface area contributed by atoms with Crippen LogP contribution in [0.4, 0.5) is 5.69 Å². The lowest BCUT2D eigenvalue weighted by Crippen LogP contribution is -2.46. The second-order valence-electron chi connectivity index (χ2n) is 5.70. The summed E-state index contributed by atoms with van der Waals surface area (Å²) in [7, 11) is 0. The van der Waals surface area contributed by atoms with E-state index in [0.717, 1.165) is 17.8 Å². The molecule has 0 unspecified atom stereocenters. The van der Waals surface area contributed by atoms with E-state index in [-0.39, 0.29) is 11.2 Å². The highest BCUT2D eigenvalue weighted by atomic mass is 35.5. The average molecular weight is 264 g/mol. The van der Waals surface area contributed by atoms with E-state index in [1.54, 1.807) is 18.2 Å². The molecule has 0 N–H and O–H groups in total. The van der Waals surface area contributed by atoms with Crippen LogP contribution in [0.2, 0.25) is 5.02 Å². The molecule has 94 valence electrons. The van der Waals surface area contributed by atoms with Crippen LogP contribution >= 0.6 is 11.6 Å². The molecule has 0 saturated heterocycles. The summed E-state index contributed by atoms with van der Waals surface area (Å²) in [5, 5.41) is 0.626. The SMILES string of the molecule is CC1(C)CC(=O)[C@H]2Oc3ccc(Cl)cc3N=C2C1. The molecule has 0 aromatic heterocycles. The molecule has 3 nitrogen and oxygen atoms in total. The number of fused-ring (bicyclic) bond motifs is 2. The van der Waals surface area contributed by atoms with Crippen molar-refractivity contribution in [3.05, 3.63) is 23.2 Å². The van der Waals surface area contributed by atoms with Crippen molar-refractivity contribution in [1.82, 2.24) is 0 Å². The summed E-state index contributed by atoms with van der Waals surface area (Å²) < 4.78 is 5.76. The number of Topliss-reactive ketones (excluding diaryl/α,β-unsaturated/α-hetero) is 1. The van der Waals surface area contributed by atoms with Gasteiger partial charge in [0.05, 0.1) is 5.71 Å². The number of carbonyl (C=O) groups excluding carboxylic acids is 1. The van der Waals surface area contributed by atoms with Crippen LogP contribution in [0.5, 0.6) is 5.75 Å². The van der Waals surface area contributed by atoms with Gasteiger partial charge in [0.15, 0.2) is 11.9 Å². The van der Waals surface area contributed by atoms with Gasteiger partial charge in [-0.25, -0.2) is 4.99 Å². The van der Waals surface area contributed by atoms with Gasteiger partial charge in [0.2, 0.25) is 0 Å². The van der Waals surface area contributed by atoms with E-state index in [0.29, 0.717) is 17.2 Å². The summed E-state index contributed by atoms with van der Waals surface area (Å²) in [4.78, 5) is 16.6. The van der Waals surface area contributed by atoms with Crippen molar-refractivity contribution in [2.24, 2.45) is 10.4 Å². The Balaban J connectivity index is 2.06. The number of carbonyl (C=O) groups is 1. The predicted octanol–water partition coefficient (Wildman–Crippen LogP) is 3.56. The number of aliphatic imine (C=N–C) groups is 1. The Morgan fingerprint density at radius 3 is 2.94 bits per heavy atom. The Hall–Kier alpha value is -1.35.